The average molecular weight is 397 g/mol. The van der Waals surface area contributed by atoms with Crippen molar-refractivity contribution in [2.75, 3.05) is 0 Å². The van der Waals surface area contributed by atoms with Crippen LogP contribution in [0.4, 0.5) is 0 Å². The summed E-state index contributed by atoms with van der Waals surface area (Å²) in [4.78, 5) is 12.8. The third-order valence-electron chi connectivity index (χ3n) is 3.66. The smallest absolute Gasteiger partial charge is 0.274 e. The lowest BCUT2D eigenvalue weighted by molar-refractivity contribution is -0.183. The normalized spacial score (nSPS) is 14.7. The topological polar surface area (TPSA) is 80.7 Å². The molecule has 26 heavy (non-hydrogen) atoms. The number of carbonyl (C=O) groups is 1. The van der Waals surface area contributed by atoms with E-state index in [0.29, 0.717) is 10.6 Å². The van der Waals surface area contributed by atoms with E-state index in [1.165, 1.54) is 24.3 Å². The minimum atomic E-state index is -4.26. The minimum Gasteiger partial charge on any atom is -0.355 e. The Hall–Kier alpha value is -1.73. The van der Waals surface area contributed by atoms with Crippen molar-refractivity contribution in [3.63, 3.8) is 0 Å². The third-order valence-corrected chi connectivity index (χ3v) is 5.09. The Labute approximate surface area is 158 Å². The quantitative estimate of drug-likeness (QED) is 0.595. The molecule has 0 bridgehead atoms. The number of rotatable bonds is 6. The Morgan fingerprint density at radius 2 is 1.58 bits per heavy atom. The first-order valence-electron chi connectivity index (χ1n) is 7.95. The molecule has 0 fully saturated rings. The van der Waals surface area contributed by atoms with E-state index in [1.807, 2.05) is 0 Å². The molecule has 0 spiro atoms. The predicted octanol–water partition coefficient (Wildman–Crippen LogP) is 3.65. The highest BCUT2D eigenvalue weighted by atomic mass is 35.5. The lowest BCUT2D eigenvalue weighted by Gasteiger charge is -2.32. The van der Waals surface area contributed by atoms with Gasteiger partial charge in [-0.15, -0.1) is 0 Å². The van der Waals surface area contributed by atoms with Crippen molar-refractivity contribution < 1.29 is 22.5 Å². The lowest BCUT2D eigenvalue weighted by Crippen LogP contribution is -2.46. The van der Waals surface area contributed by atoms with Crippen LogP contribution in [0.2, 0.25) is 5.02 Å². The lowest BCUT2D eigenvalue weighted by atomic mass is 9.83. The second-order valence-corrected chi connectivity index (χ2v) is 9.01. The van der Waals surface area contributed by atoms with Crippen LogP contribution < -0.4 is 0 Å². The van der Waals surface area contributed by atoms with E-state index in [2.05, 4.69) is 0 Å². The largest absolute Gasteiger partial charge is 0.355 e. The number of Topliss-reactive ketones (excluding diaryl/α,β-unsaturated/α-hetero) is 1. The van der Waals surface area contributed by atoms with Gasteiger partial charge in [0.2, 0.25) is 5.78 Å². The zero-order chi connectivity index (χ0) is 19.6. The van der Waals surface area contributed by atoms with Crippen molar-refractivity contribution in [2.24, 2.45) is 5.41 Å². The molecular formula is C19H21ClO5S. The number of aliphatic hydroxyl groups is 1. The number of benzene rings is 2. The van der Waals surface area contributed by atoms with Gasteiger partial charge in [-0.05, 0) is 17.7 Å². The van der Waals surface area contributed by atoms with Crippen molar-refractivity contribution in [3.05, 3.63) is 70.7 Å². The summed E-state index contributed by atoms with van der Waals surface area (Å²) >= 11 is 5.85. The average Bonchev–Trinajstić information content (AvgIpc) is 2.53. The maximum Gasteiger partial charge on any atom is 0.274 e. The van der Waals surface area contributed by atoms with Crippen LogP contribution >= 0.6 is 11.6 Å². The molecule has 1 unspecified atom stereocenters. The monoisotopic (exact) mass is 396 g/mol. The molecule has 0 aromatic heterocycles. The van der Waals surface area contributed by atoms with E-state index in [9.17, 15) is 18.3 Å². The van der Waals surface area contributed by atoms with Crippen LogP contribution in [0.25, 0.3) is 0 Å². The highest BCUT2D eigenvalue weighted by molar-refractivity contribution is 7.86. The minimum absolute atomic E-state index is 0.00142. The highest BCUT2D eigenvalue weighted by Crippen LogP contribution is 2.35. The van der Waals surface area contributed by atoms with Gasteiger partial charge in [-0.2, -0.15) is 8.42 Å². The summed E-state index contributed by atoms with van der Waals surface area (Å²) in [7, 11) is -4.26. The van der Waals surface area contributed by atoms with Crippen molar-refractivity contribution in [3.8, 4) is 0 Å². The van der Waals surface area contributed by atoms with Gasteiger partial charge < -0.3 is 5.11 Å². The molecular weight excluding hydrogens is 376 g/mol. The number of halogens is 1. The molecule has 0 aliphatic heterocycles. The fraction of sp³-hybridized carbons (Fsp3) is 0.316. The predicted molar refractivity (Wildman–Crippen MR) is 100.0 cm³/mol. The Bertz CT molecular complexity index is 870. The summed E-state index contributed by atoms with van der Waals surface area (Å²) < 4.78 is 30.1. The molecule has 0 aliphatic carbocycles. The van der Waals surface area contributed by atoms with Crippen molar-refractivity contribution in [1.29, 1.82) is 0 Å². The van der Waals surface area contributed by atoms with Crippen LogP contribution in [0, 0.1) is 5.41 Å². The summed E-state index contributed by atoms with van der Waals surface area (Å²) in [6.07, 6.45) is 0. The molecule has 0 amide bonds. The number of carbonyl (C=O) groups excluding carboxylic acids is 1. The number of hydrogen-bond acceptors (Lipinski definition) is 5. The third kappa shape index (κ3) is 4.92. The fourth-order valence-electron chi connectivity index (χ4n) is 2.39. The maximum absolute atomic E-state index is 12.8. The first-order chi connectivity index (χ1) is 11.9. The molecule has 2 rings (SSSR count). The van der Waals surface area contributed by atoms with E-state index in [0.717, 1.165) is 0 Å². The Balaban J connectivity index is 2.44. The standard InChI is InChI=1S/C19H21ClO5S/c1-18(2,3)17(21)19(22,15-9-11-16(20)12-10-15)25-26(23,24)13-14-7-5-4-6-8-14/h4-12,22H,13H2,1-3H3. The first-order valence-corrected chi connectivity index (χ1v) is 9.90. The van der Waals surface area contributed by atoms with Gasteiger partial charge in [0.15, 0.2) is 0 Å². The van der Waals surface area contributed by atoms with Gasteiger partial charge in [-0.25, -0.2) is 4.18 Å². The van der Waals surface area contributed by atoms with E-state index in [1.54, 1.807) is 51.1 Å². The van der Waals surface area contributed by atoms with Crippen molar-refractivity contribution in [1.82, 2.24) is 0 Å². The van der Waals surface area contributed by atoms with E-state index < -0.39 is 32.9 Å². The van der Waals surface area contributed by atoms with Crippen LogP contribution in [0.15, 0.2) is 54.6 Å². The van der Waals surface area contributed by atoms with Crippen LogP contribution in [-0.4, -0.2) is 19.3 Å². The molecule has 1 N–H and O–H groups in total. The molecule has 0 radical (unpaired) electrons. The molecule has 0 heterocycles. The molecule has 0 saturated carbocycles. The van der Waals surface area contributed by atoms with Crippen LogP contribution in [-0.2, 0) is 30.6 Å². The second-order valence-electron chi connectivity index (χ2n) is 7.00. The van der Waals surface area contributed by atoms with E-state index in [4.69, 9.17) is 15.8 Å². The highest BCUT2D eigenvalue weighted by Gasteiger charge is 2.48. The van der Waals surface area contributed by atoms with E-state index in [-0.39, 0.29) is 5.56 Å². The Morgan fingerprint density at radius 1 is 1.04 bits per heavy atom. The van der Waals surface area contributed by atoms with Crippen LogP contribution in [0.1, 0.15) is 31.9 Å². The number of hydrogen-bond donors (Lipinski definition) is 1. The first kappa shape index (κ1) is 20.6. The zero-order valence-electron chi connectivity index (χ0n) is 14.8. The van der Waals surface area contributed by atoms with Gasteiger partial charge in [0.05, 0.1) is 0 Å². The van der Waals surface area contributed by atoms with Gasteiger partial charge in [0.1, 0.15) is 5.75 Å². The maximum atomic E-state index is 12.8. The zero-order valence-corrected chi connectivity index (χ0v) is 16.3. The molecule has 0 aliphatic rings. The molecule has 0 saturated heterocycles. The summed E-state index contributed by atoms with van der Waals surface area (Å²) in [5.74, 6) is -3.89. The number of ketones is 1. The molecule has 7 heteroatoms. The Morgan fingerprint density at radius 3 is 2.08 bits per heavy atom. The Kier molecular flexibility index (Phi) is 5.92. The van der Waals surface area contributed by atoms with E-state index >= 15 is 0 Å². The molecule has 2 aromatic carbocycles. The SMILES string of the molecule is CC(C)(C)C(=O)C(O)(OS(=O)(=O)Cc1ccccc1)c1ccc(Cl)cc1. The van der Waals surface area contributed by atoms with Gasteiger partial charge in [0.25, 0.3) is 15.9 Å². The summed E-state index contributed by atoms with van der Waals surface area (Å²) in [5.41, 5.74) is -0.566. The molecule has 5 nitrogen and oxygen atoms in total. The van der Waals surface area contributed by atoms with Gasteiger partial charge in [0, 0.05) is 16.0 Å². The second kappa shape index (κ2) is 7.48. The van der Waals surface area contributed by atoms with Crippen molar-refractivity contribution in [2.45, 2.75) is 32.3 Å². The molecule has 1 atom stereocenters. The van der Waals surface area contributed by atoms with Gasteiger partial charge >= 0.3 is 0 Å². The van der Waals surface area contributed by atoms with Gasteiger partial charge in [-0.1, -0.05) is 74.8 Å². The fourth-order valence-corrected chi connectivity index (χ4v) is 3.72. The molecule has 140 valence electrons. The summed E-state index contributed by atoms with van der Waals surface area (Å²) in [5, 5.41) is 11.4. The van der Waals surface area contributed by atoms with Gasteiger partial charge in [-0.3, -0.25) is 4.79 Å². The summed E-state index contributed by atoms with van der Waals surface area (Å²) in [6.45, 7) is 4.72. The summed E-state index contributed by atoms with van der Waals surface area (Å²) in [6, 6.07) is 14.0. The molecule has 2 aromatic rings. The van der Waals surface area contributed by atoms with Crippen LogP contribution in [0.3, 0.4) is 0 Å². The van der Waals surface area contributed by atoms with Crippen molar-refractivity contribution >= 4 is 27.5 Å². The van der Waals surface area contributed by atoms with Crippen LogP contribution in [0.5, 0.6) is 0 Å².